The third kappa shape index (κ3) is 2.73. The highest BCUT2D eigenvalue weighted by Crippen LogP contribution is 2.14. The zero-order chi connectivity index (χ0) is 9.84. The fourth-order valence-corrected chi connectivity index (χ4v) is 0.979. The number of nitrogens with zero attached hydrogens (tertiary/aromatic N) is 1. The molecule has 0 bridgehead atoms. The van der Waals surface area contributed by atoms with Gasteiger partial charge in [0, 0.05) is 6.54 Å². The molecule has 2 N–H and O–H groups in total. The third-order valence-electron chi connectivity index (χ3n) is 1.50. The minimum absolute atomic E-state index is 0.163. The fraction of sp³-hybridized carbons (Fsp3) is 0.500. The predicted octanol–water partition coefficient (Wildman–Crippen LogP) is 1.49. The van der Waals surface area contributed by atoms with Crippen LogP contribution in [-0.2, 0) is 0 Å². The van der Waals surface area contributed by atoms with E-state index < -0.39 is 0 Å². The Bertz CT molecular complexity index is 334. The van der Waals surface area contributed by atoms with Gasteiger partial charge in [-0.25, -0.2) is 5.10 Å². The van der Waals surface area contributed by atoms with Gasteiger partial charge in [0.1, 0.15) is 5.02 Å². The van der Waals surface area contributed by atoms with Gasteiger partial charge in [-0.2, -0.15) is 5.10 Å². The van der Waals surface area contributed by atoms with E-state index in [4.69, 9.17) is 11.6 Å². The lowest BCUT2D eigenvalue weighted by atomic mass is 10.2. The molecule has 0 aliphatic rings. The van der Waals surface area contributed by atoms with E-state index in [9.17, 15) is 4.79 Å². The molecule has 13 heavy (non-hydrogen) atoms. The first-order valence-electron chi connectivity index (χ1n) is 4.08. The molecule has 0 saturated heterocycles. The summed E-state index contributed by atoms with van der Waals surface area (Å²) in [7, 11) is 0. The van der Waals surface area contributed by atoms with Crippen LogP contribution in [0.5, 0.6) is 0 Å². The molecule has 0 spiro atoms. The number of nitrogens with one attached hydrogen (secondary N) is 2. The zero-order valence-corrected chi connectivity index (χ0v) is 8.35. The second kappa shape index (κ2) is 4.28. The molecule has 0 aliphatic heterocycles. The maximum Gasteiger partial charge on any atom is 0.285 e. The second-order valence-corrected chi connectivity index (χ2v) is 3.58. The van der Waals surface area contributed by atoms with Crippen LogP contribution in [0.4, 0.5) is 5.69 Å². The van der Waals surface area contributed by atoms with E-state index >= 15 is 0 Å². The van der Waals surface area contributed by atoms with Gasteiger partial charge in [0.05, 0.1) is 11.9 Å². The van der Waals surface area contributed by atoms with E-state index in [1.165, 1.54) is 6.20 Å². The molecule has 4 nitrogen and oxygen atoms in total. The Morgan fingerprint density at radius 1 is 1.69 bits per heavy atom. The molecule has 1 heterocycles. The van der Waals surface area contributed by atoms with Crippen LogP contribution < -0.4 is 10.9 Å². The Hall–Kier alpha value is -1.03. The second-order valence-electron chi connectivity index (χ2n) is 3.20. The van der Waals surface area contributed by atoms with Crippen molar-refractivity contribution in [3.8, 4) is 0 Å². The first-order chi connectivity index (χ1) is 6.11. The highest BCUT2D eigenvalue weighted by Gasteiger charge is 2.04. The lowest BCUT2D eigenvalue weighted by Crippen LogP contribution is -2.14. The van der Waals surface area contributed by atoms with E-state index in [1.54, 1.807) is 0 Å². The number of rotatable bonds is 3. The number of aromatic nitrogens is 2. The van der Waals surface area contributed by atoms with Crippen molar-refractivity contribution in [1.82, 2.24) is 10.2 Å². The summed E-state index contributed by atoms with van der Waals surface area (Å²) >= 11 is 5.73. The largest absolute Gasteiger partial charge is 0.382 e. The summed E-state index contributed by atoms with van der Waals surface area (Å²) in [5.41, 5.74) is 0.217. The Kier molecular flexibility index (Phi) is 3.31. The molecule has 0 saturated carbocycles. The van der Waals surface area contributed by atoms with Gasteiger partial charge in [0.2, 0.25) is 0 Å². The molecule has 72 valence electrons. The van der Waals surface area contributed by atoms with Gasteiger partial charge in [0.25, 0.3) is 5.56 Å². The molecule has 5 heteroatoms. The molecule has 0 aromatic carbocycles. The molecular weight excluding hydrogens is 190 g/mol. The predicted molar refractivity (Wildman–Crippen MR) is 53.2 cm³/mol. The van der Waals surface area contributed by atoms with E-state index in [0.29, 0.717) is 11.6 Å². The van der Waals surface area contributed by atoms with E-state index in [2.05, 4.69) is 29.4 Å². The highest BCUT2D eigenvalue weighted by molar-refractivity contribution is 6.32. The van der Waals surface area contributed by atoms with Crippen LogP contribution in [0.1, 0.15) is 13.8 Å². The molecular formula is C8H12ClN3O. The minimum Gasteiger partial charge on any atom is -0.382 e. The van der Waals surface area contributed by atoms with Gasteiger partial charge >= 0.3 is 0 Å². The fourth-order valence-electron chi connectivity index (χ4n) is 0.821. The number of anilines is 1. The first-order valence-corrected chi connectivity index (χ1v) is 4.46. The number of H-pyrrole nitrogens is 1. The zero-order valence-electron chi connectivity index (χ0n) is 7.60. The summed E-state index contributed by atoms with van der Waals surface area (Å²) < 4.78 is 0. The Balaban J connectivity index is 2.77. The first kappa shape index (κ1) is 10.1. The van der Waals surface area contributed by atoms with Crippen molar-refractivity contribution < 1.29 is 0 Å². The van der Waals surface area contributed by atoms with Crippen LogP contribution in [0, 0.1) is 5.92 Å². The molecule has 0 radical (unpaired) electrons. The monoisotopic (exact) mass is 201 g/mol. The van der Waals surface area contributed by atoms with E-state index in [-0.39, 0.29) is 10.6 Å². The van der Waals surface area contributed by atoms with Crippen LogP contribution in [0.25, 0.3) is 0 Å². The molecule has 0 fully saturated rings. The van der Waals surface area contributed by atoms with Crippen molar-refractivity contribution in [1.29, 1.82) is 0 Å². The summed E-state index contributed by atoms with van der Waals surface area (Å²) in [6, 6.07) is 0. The summed E-state index contributed by atoms with van der Waals surface area (Å²) in [4.78, 5) is 11.0. The lowest BCUT2D eigenvalue weighted by molar-refractivity contribution is 0.688. The summed E-state index contributed by atoms with van der Waals surface area (Å²) in [5.74, 6) is 0.496. The average molecular weight is 202 g/mol. The molecule has 0 amide bonds. The Morgan fingerprint density at radius 2 is 2.38 bits per heavy atom. The number of halogens is 1. The van der Waals surface area contributed by atoms with Gasteiger partial charge in [-0.1, -0.05) is 25.4 Å². The van der Waals surface area contributed by atoms with Crippen LogP contribution in [0.3, 0.4) is 0 Å². The van der Waals surface area contributed by atoms with Gasteiger partial charge in [-0.05, 0) is 5.92 Å². The van der Waals surface area contributed by atoms with Crippen molar-refractivity contribution in [3.05, 3.63) is 21.6 Å². The molecule has 0 aliphatic carbocycles. The van der Waals surface area contributed by atoms with Crippen LogP contribution in [0.2, 0.25) is 5.02 Å². The molecule has 0 atom stereocenters. The van der Waals surface area contributed by atoms with Crippen LogP contribution >= 0.6 is 11.6 Å². The maximum absolute atomic E-state index is 11.0. The SMILES string of the molecule is CC(C)CNc1cn[nH]c(=O)c1Cl. The van der Waals surface area contributed by atoms with Gasteiger partial charge in [-0.15, -0.1) is 0 Å². The third-order valence-corrected chi connectivity index (χ3v) is 1.87. The van der Waals surface area contributed by atoms with Crippen molar-refractivity contribution in [3.63, 3.8) is 0 Å². The highest BCUT2D eigenvalue weighted by atomic mass is 35.5. The normalized spacial score (nSPS) is 10.5. The minimum atomic E-state index is -0.365. The molecule has 1 rings (SSSR count). The van der Waals surface area contributed by atoms with Crippen molar-refractivity contribution in [2.75, 3.05) is 11.9 Å². The van der Waals surface area contributed by atoms with Crippen LogP contribution in [0.15, 0.2) is 11.0 Å². The van der Waals surface area contributed by atoms with Crippen LogP contribution in [-0.4, -0.2) is 16.7 Å². The van der Waals surface area contributed by atoms with Crippen molar-refractivity contribution >= 4 is 17.3 Å². The smallest absolute Gasteiger partial charge is 0.285 e. The number of hydrogen-bond acceptors (Lipinski definition) is 3. The van der Waals surface area contributed by atoms with Gasteiger partial charge < -0.3 is 5.32 Å². The van der Waals surface area contributed by atoms with Crippen molar-refractivity contribution in [2.45, 2.75) is 13.8 Å². The number of hydrogen-bond donors (Lipinski definition) is 2. The summed E-state index contributed by atoms with van der Waals surface area (Å²) in [5, 5.41) is 9.09. The molecule has 1 aromatic rings. The molecule has 0 unspecified atom stereocenters. The quantitative estimate of drug-likeness (QED) is 0.779. The Labute approximate surface area is 81.3 Å². The Morgan fingerprint density at radius 3 is 3.00 bits per heavy atom. The van der Waals surface area contributed by atoms with E-state index in [0.717, 1.165) is 6.54 Å². The lowest BCUT2D eigenvalue weighted by Gasteiger charge is -2.08. The summed E-state index contributed by atoms with van der Waals surface area (Å²) in [6.45, 7) is 4.91. The average Bonchev–Trinajstić information content (AvgIpc) is 2.07. The topological polar surface area (TPSA) is 57.8 Å². The van der Waals surface area contributed by atoms with Gasteiger partial charge in [-0.3, -0.25) is 4.79 Å². The summed E-state index contributed by atoms with van der Waals surface area (Å²) in [6.07, 6.45) is 1.51. The van der Waals surface area contributed by atoms with Gasteiger partial charge in [0.15, 0.2) is 0 Å². The van der Waals surface area contributed by atoms with Crippen molar-refractivity contribution in [2.24, 2.45) is 5.92 Å². The molecule has 1 aromatic heterocycles. The maximum atomic E-state index is 11.0. The van der Waals surface area contributed by atoms with E-state index in [1.807, 2.05) is 0 Å². The standard InChI is InChI=1S/C8H12ClN3O/c1-5(2)3-10-6-4-11-12-8(13)7(6)9/h4-5H,3H2,1-2H3,(H2,10,12,13). The number of aromatic amines is 1.